The second-order valence-corrected chi connectivity index (χ2v) is 14.6. The number of aromatic nitrogens is 3. The topological polar surface area (TPSA) is 14.8 Å². The highest BCUT2D eigenvalue weighted by molar-refractivity contribution is 6.26. The molecule has 12 rings (SSSR count). The molecule has 0 radical (unpaired) electrons. The van der Waals surface area contributed by atoms with Gasteiger partial charge in [-0.25, -0.2) is 0 Å². The lowest BCUT2D eigenvalue weighted by Crippen LogP contribution is -1.95. The third kappa shape index (κ3) is 4.38. The summed E-state index contributed by atoms with van der Waals surface area (Å²) in [6.45, 7) is 0. The Kier molecular flexibility index (Phi) is 6.34. The van der Waals surface area contributed by atoms with Crippen LogP contribution in [0.3, 0.4) is 0 Å². The number of hydrogen-bond acceptors (Lipinski definition) is 0. The van der Waals surface area contributed by atoms with Gasteiger partial charge in [-0.15, -0.1) is 0 Å². The van der Waals surface area contributed by atoms with E-state index in [1.807, 2.05) is 0 Å². The fourth-order valence-corrected chi connectivity index (χ4v) is 9.18. The predicted octanol–water partition coefficient (Wildman–Crippen LogP) is 13.8. The van der Waals surface area contributed by atoms with Crippen molar-refractivity contribution in [2.75, 3.05) is 0 Å². The Balaban J connectivity index is 1.06. The van der Waals surface area contributed by atoms with Gasteiger partial charge in [0.05, 0.1) is 33.1 Å². The first-order valence-corrected chi connectivity index (χ1v) is 18.9. The molecule has 0 atom stereocenters. The molecule has 0 saturated heterocycles. The second-order valence-electron chi connectivity index (χ2n) is 14.6. The van der Waals surface area contributed by atoms with E-state index in [4.69, 9.17) is 0 Å². The maximum atomic E-state index is 2.47. The van der Waals surface area contributed by atoms with Crippen LogP contribution in [-0.4, -0.2) is 13.7 Å². The minimum Gasteiger partial charge on any atom is -0.309 e. The largest absolute Gasteiger partial charge is 0.309 e. The van der Waals surface area contributed by atoms with E-state index in [0.29, 0.717) is 0 Å². The van der Waals surface area contributed by atoms with Gasteiger partial charge in [-0.1, -0.05) is 133 Å². The Bertz CT molecular complexity index is 3470. The van der Waals surface area contributed by atoms with Crippen molar-refractivity contribution in [3.63, 3.8) is 0 Å². The number of hydrogen-bond donors (Lipinski definition) is 0. The maximum Gasteiger partial charge on any atom is 0.0641 e. The van der Waals surface area contributed by atoms with Crippen LogP contribution in [0.1, 0.15) is 0 Å². The van der Waals surface area contributed by atoms with E-state index in [2.05, 4.69) is 214 Å². The van der Waals surface area contributed by atoms with Gasteiger partial charge < -0.3 is 13.7 Å². The van der Waals surface area contributed by atoms with Gasteiger partial charge in [0.2, 0.25) is 0 Å². The fourth-order valence-electron chi connectivity index (χ4n) is 9.18. The molecule has 0 bridgehead atoms. The molecule has 3 aromatic heterocycles. The summed E-state index contributed by atoms with van der Waals surface area (Å²) in [6, 6.07) is 73.2. The standard InChI is InChI=1S/C52H33N3/c1-2-14-38(15-3-1)53-48-21-11-8-18-45(48)51-49(53)31-30-44-42-17-7-10-20-47(42)55(52(44)51)39-26-22-35(23-27-39)37-25-29-43-41-16-6-9-19-46(41)54(50(43)33-37)40-28-24-34-12-4-5-13-36(34)32-40/h1-33H. The molecular weight excluding hydrogens is 667 g/mol. The quantitative estimate of drug-likeness (QED) is 0.174. The highest BCUT2D eigenvalue weighted by Gasteiger charge is 2.21. The van der Waals surface area contributed by atoms with Crippen molar-refractivity contribution in [3.8, 4) is 28.2 Å². The van der Waals surface area contributed by atoms with Crippen LogP contribution in [0, 0.1) is 0 Å². The number of benzene rings is 9. The first-order valence-electron chi connectivity index (χ1n) is 18.9. The molecule has 3 nitrogen and oxygen atoms in total. The third-order valence-corrected chi connectivity index (χ3v) is 11.6. The molecular formula is C52H33N3. The van der Waals surface area contributed by atoms with Gasteiger partial charge in [0.1, 0.15) is 0 Å². The van der Waals surface area contributed by atoms with E-state index in [-0.39, 0.29) is 0 Å². The molecule has 0 aliphatic carbocycles. The summed E-state index contributed by atoms with van der Waals surface area (Å²) in [7, 11) is 0. The summed E-state index contributed by atoms with van der Waals surface area (Å²) in [5.74, 6) is 0. The van der Waals surface area contributed by atoms with Crippen LogP contribution in [0.4, 0.5) is 0 Å². The normalized spacial score (nSPS) is 12.0. The molecule has 0 fully saturated rings. The lowest BCUT2D eigenvalue weighted by atomic mass is 10.0. The Morgan fingerprint density at radius 1 is 0.255 bits per heavy atom. The zero-order valence-corrected chi connectivity index (χ0v) is 29.9. The summed E-state index contributed by atoms with van der Waals surface area (Å²) in [5, 5.41) is 10.0. The van der Waals surface area contributed by atoms with Crippen LogP contribution in [0.5, 0.6) is 0 Å². The van der Waals surface area contributed by atoms with E-state index in [0.717, 1.165) is 11.4 Å². The van der Waals surface area contributed by atoms with Gasteiger partial charge in [-0.2, -0.15) is 0 Å². The first-order chi connectivity index (χ1) is 27.3. The first kappa shape index (κ1) is 30.1. The Labute approximate surface area is 317 Å². The molecule has 55 heavy (non-hydrogen) atoms. The van der Waals surface area contributed by atoms with Crippen LogP contribution >= 0.6 is 0 Å². The molecule has 256 valence electrons. The van der Waals surface area contributed by atoms with Crippen LogP contribution < -0.4 is 0 Å². The molecule has 0 aliphatic rings. The average molecular weight is 700 g/mol. The molecule has 3 heteroatoms. The van der Waals surface area contributed by atoms with Crippen molar-refractivity contribution in [3.05, 3.63) is 200 Å². The third-order valence-electron chi connectivity index (χ3n) is 11.6. The van der Waals surface area contributed by atoms with Crippen LogP contribution in [-0.2, 0) is 0 Å². The Morgan fingerprint density at radius 2 is 0.782 bits per heavy atom. The molecule has 12 aromatic rings. The summed E-state index contributed by atoms with van der Waals surface area (Å²) in [4.78, 5) is 0. The van der Waals surface area contributed by atoms with Crippen molar-refractivity contribution in [2.45, 2.75) is 0 Å². The molecule has 0 unspecified atom stereocenters. The lowest BCUT2D eigenvalue weighted by molar-refractivity contribution is 1.17. The zero-order valence-electron chi connectivity index (χ0n) is 29.9. The smallest absolute Gasteiger partial charge is 0.0641 e. The summed E-state index contributed by atoms with van der Waals surface area (Å²) < 4.78 is 7.30. The SMILES string of the molecule is c1ccc(-n2c3ccccc3c3c2ccc2c4ccccc4n(-c4ccc(-c5ccc6c7ccccc7n(-c7ccc8ccccc8c7)c6c5)cc4)c23)cc1. The van der Waals surface area contributed by atoms with E-state index in [1.165, 1.54) is 93.0 Å². The Morgan fingerprint density at radius 3 is 1.56 bits per heavy atom. The highest BCUT2D eigenvalue weighted by atomic mass is 15.0. The summed E-state index contributed by atoms with van der Waals surface area (Å²) in [6.07, 6.45) is 0. The molecule has 0 spiro atoms. The summed E-state index contributed by atoms with van der Waals surface area (Å²) in [5.41, 5.74) is 13.1. The lowest BCUT2D eigenvalue weighted by Gasteiger charge is -2.12. The zero-order chi connectivity index (χ0) is 36.0. The van der Waals surface area contributed by atoms with Crippen LogP contribution in [0.25, 0.3) is 104 Å². The highest BCUT2D eigenvalue weighted by Crippen LogP contribution is 2.42. The van der Waals surface area contributed by atoms with Gasteiger partial charge >= 0.3 is 0 Å². The van der Waals surface area contributed by atoms with Crippen molar-refractivity contribution in [1.29, 1.82) is 0 Å². The van der Waals surface area contributed by atoms with Crippen LogP contribution in [0.15, 0.2) is 200 Å². The number of fused-ring (bicyclic) bond motifs is 11. The molecule has 0 amide bonds. The number of rotatable bonds is 4. The molecule has 0 saturated carbocycles. The van der Waals surface area contributed by atoms with E-state index >= 15 is 0 Å². The van der Waals surface area contributed by atoms with Gasteiger partial charge in [0.25, 0.3) is 0 Å². The van der Waals surface area contributed by atoms with Gasteiger partial charge in [-0.05, 0) is 88.6 Å². The van der Waals surface area contributed by atoms with E-state index in [9.17, 15) is 0 Å². The monoisotopic (exact) mass is 699 g/mol. The molecule has 0 N–H and O–H groups in total. The van der Waals surface area contributed by atoms with Crippen molar-refractivity contribution in [1.82, 2.24) is 13.7 Å². The fraction of sp³-hybridized carbons (Fsp3) is 0. The average Bonchev–Trinajstić information content (AvgIpc) is 3.89. The Hall–Kier alpha value is -7.36. The minimum absolute atomic E-state index is 1.14. The van der Waals surface area contributed by atoms with Crippen LogP contribution in [0.2, 0.25) is 0 Å². The second kappa shape index (κ2) is 11.6. The van der Waals surface area contributed by atoms with Crippen molar-refractivity contribution < 1.29 is 0 Å². The van der Waals surface area contributed by atoms with E-state index < -0.39 is 0 Å². The van der Waals surface area contributed by atoms with Gasteiger partial charge in [0.15, 0.2) is 0 Å². The maximum absolute atomic E-state index is 2.47. The molecule has 9 aromatic carbocycles. The number of nitrogens with zero attached hydrogens (tertiary/aromatic N) is 3. The minimum atomic E-state index is 1.14. The predicted molar refractivity (Wildman–Crippen MR) is 232 cm³/mol. The van der Waals surface area contributed by atoms with Crippen molar-refractivity contribution >= 4 is 76.2 Å². The molecule has 0 aliphatic heterocycles. The van der Waals surface area contributed by atoms with Gasteiger partial charge in [-0.3, -0.25) is 0 Å². The summed E-state index contributed by atoms with van der Waals surface area (Å²) >= 11 is 0. The van der Waals surface area contributed by atoms with Gasteiger partial charge in [0, 0.05) is 49.4 Å². The van der Waals surface area contributed by atoms with E-state index in [1.54, 1.807) is 0 Å². The van der Waals surface area contributed by atoms with Crippen molar-refractivity contribution in [2.24, 2.45) is 0 Å². The molecule has 3 heterocycles. The number of para-hydroxylation sites is 4.